The smallest absolute Gasteiger partial charge is 0.251 e. The third-order valence-corrected chi connectivity index (χ3v) is 4.74. The molecule has 2 aromatic carbocycles. The number of hydrogen-bond acceptors (Lipinski definition) is 3. The monoisotopic (exact) mass is 352 g/mol. The van der Waals surface area contributed by atoms with E-state index in [0.717, 1.165) is 28.2 Å². The third kappa shape index (κ3) is 2.48. The number of amides is 1. The normalized spacial score (nSPS) is 16.5. The molecule has 0 radical (unpaired) electrons. The number of para-hydroxylation sites is 2. The largest absolute Gasteiger partial charge is 0.355 e. The lowest BCUT2D eigenvalue weighted by molar-refractivity contribution is -0.117. The molecule has 3 aromatic rings. The molecule has 2 N–H and O–H groups in total. The summed E-state index contributed by atoms with van der Waals surface area (Å²) in [7, 11) is 1.64. The summed E-state index contributed by atoms with van der Waals surface area (Å²) in [5.74, 6) is 0.611. The summed E-state index contributed by atoms with van der Waals surface area (Å²) >= 11 is 6.06. The Labute approximate surface area is 150 Å². The minimum atomic E-state index is -0.277. The van der Waals surface area contributed by atoms with Gasteiger partial charge < -0.3 is 10.6 Å². The molecule has 4 rings (SSSR count). The summed E-state index contributed by atoms with van der Waals surface area (Å²) in [4.78, 5) is 17.3. The van der Waals surface area contributed by atoms with Crippen molar-refractivity contribution in [3.05, 3.63) is 70.4 Å². The topological polar surface area (TPSA) is 59.0 Å². The minimum Gasteiger partial charge on any atom is -0.355 e. The maximum absolute atomic E-state index is 12.6. The predicted octanol–water partition coefficient (Wildman–Crippen LogP) is 3.72. The van der Waals surface area contributed by atoms with E-state index in [2.05, 4.69) is 20.2 Å². The highest BCUT2D eigenvalue weighted by Gasteiger charge is 2.33. The van der Waals surface area contributed by atoms with Crippen LogP contribution in [0.2, 0.25) is 5.02 Å². The minimum absolute atomic E-state index is 0.117. The molecular weight excluding hydrogens is 336 g/mol. The van der Waals surface area contributed by atoms with Gasteiger partial charge in [0.1, 0.15) is 0 Å². The number of fused-ring (bicyclic) bond motifs is 3. The van der Waals surface area contributed by atoms with Gasteiger partial charge in [-0.15, -0.1) is 0 Å². The first-order valence-corrected chi connectivity index (χ1v) is 8.40. The predicted molar refractivity (Wildman–Crippen MR) is 99.7 cm³/mol. The summed E-state index contributed by atoms with van der Waals surface area (Å²) < 4.78 is 2.07. The number of nitrogens with one attached hydrogen (secondary N) is 2. The quantitative estimate of drug-likeness (QED) is 0.739. The van der Waals surface area contributed by atoms with Gasteiger partial charge in [0.2, 0.25) is 5.95 Å². The van der Waals surface area contributed by atoms with E-state index in [0.29, 0.717) is 10.6 Å². The number of hydrogen-bond donors (Lipinski definition) is 2. The Bertz CT molecular complexity index is 1000. The first kappa shape index (κ1) is 15.7. The van der Waals surface area contributed by atoms with E-state index in [-0.39, 0.29) is 11.9 Å². The molecule has 1 amide bonds. The Morgan fingerprint density at radius 2 is 1.92 bits per heavy atom. The van der Waals surface area contributed by atoms with Crippen LogP contribution in [-0.2, 0) is 4.79 Å². The maximum Gasteiger partial charge on any atom is 0.251 e. The number of likely N-dealkylation sites (N-methyl/N-ethyl adjacent to an activating group) is 1. The summed E-state index contributed by atoms with van der Waals surface area (Å²) in [5, 5.41) is 6.68. The molecule has 1 aliphatic rings. The van der Waals surface area contributed by atoms with Crippen LogP contribution in [0.25, 0.3) is 11.0 Å². The van der Waals surface area contributed by atoms with Gasteiger partial charge in [-0.1, -0.05) is 35.9 Å². The molecule has 25 heavy (non-hydrogen) atoms. The lowest BCUT2D eigenvalue weighted by Gasteiger charge is -2.30. The van der Waals surface area contributed by atoms with Crippen LogP contribution in [0, 0.1) is 0 Å². The van der Waals surface area contributed by atoms with Gasteiger partial charge in [0.25, 0.3) is 5.91 Å². The summed E-state index contributed by atoms with van der Waals surface area (Å²) in [6.07, 6.45) is 0. The number of benzene rings is 2. The van der Waals surface area contributed by atoms with Gasteiger partial charge in [0, 0.05) is 17.8 Å². The van der Waals surface area contributed by atoms with Gasteiger partial charge in [0.15, 0.2) is 0 Å². The van der Waals surface area contributed by atoms with Crippen molar-refractivity contribution < 1.29 is 4.79 Å². The first-order chi connectivity index (χ1) is 12.1. The van der Waals surface area contributed by atoms with Crippen LogP contribution >= 0.6 is 11.6 Å². The van der Waals surface area contributed by atoms with E-state index < -0.39 is 0 Å². The molecule has 5 nitrogen and oxygen atoms in total. The maximum atomic E-state index is 12.6. The first-order valence-electron chi connectivity index (χ1n) is 8.02. The molecule has 0 saturated heterocycles. The number of halogens is 1. The number of nitrogens with zero attached hydrogens (tertiary/aromatic N) is 2. The molecule has 0 saturated carbocycles. The molecule has 126 valence electrons. The van der Waals surface area contributed by atoms with E-state index in [1.807, 2.05) is 55.5 Å². The second-order valence-corrected chi connectivity index (χ2v) is 6.43. The number of imidazole rings is 1. The van der Waals surface area contributed by atoms with Gasteiger partial charge >= 0.3 is 0 Å². The molecule has 0 fully saturated rings. The Morgan fingerprint density at radius 1 is 1.20 bits per heavy atom. The van der Waals surface area contributed by atoms with E-state index in [9.17, 15) is 4.79 Å². The van der Waals surface area contributed by atoms with E-state index in [4.69, 9.17) is 11.6 Å². The Balaban J connectivity index is 2.01. The molecule has 2 heterocycles. The number of aromatic nitrogens is 2. The molecular formula is C19H17ClN4O. The van der Waals surface area contributed by atoms with Crippen LogP contribution in [0.3, 0.4) is 0 Å². The molecule has 0 bridgehead atoms. The number of allylic oxidation sites excluding steroid dienone is 1. The molecule has 0 spiro atoms. The van der Waals surface area contributed by atoms with Crippen LogP contribution in [-0.4, -0.2) is 22.5 Å². The summed E-state index contributed by atoms with van der Waals surface area (Å²) in [6.45, 7) is 1.90. The van der Waals surface area contributed by atoms with Crippen molar-refractivity contribution in [2.75, 3.05) is 12.4 Å². The van der Waals surface area contributed by atoms with Crippen molar-refractivity contribution in [3.8, 4) is 0 Å². The fraction of sp³-hybridized carbons (Fsp3) is 0.158. The van der Waals surface area contributed by atoms with Crippen molar-refractivity contribution in [1.82, 2.24) is 14.9 Å². The third-order valence-electron chi connectivity index (χ3n) is 4.49. The highest BCUT2D eigenvalue weighted by Crippen LogP contribution is 2.39. The van der Waals surface area contributed by atoms with Gasteiger partial charge in [-0.2, -0.15) is 0 Å². The second-order valence-electron chi connectivity index (χ2n) is 5.99. The number of anilines is 1. The lowest BCUT2D eigenvalue weighted by Crippen LogP contribution is -2.33. The molecule has 6 heteroatoms. The van der Waals surface area contributed by atoms with Gasteiger partial charge in [-0.3, -0.25) is 9.36 Å². The van der Waals surface area contributed by atoms with E-state index in [1.54, 1.807) is 7.05 Å². The van der Waals surface area contributed by atoms with Crippen molar-refractivity contribution in [2.45, 2.75) is 13.0 Å². The zero-order valence-corrected chi connectivity index (χ0v) is 14.6. The zero-order valence-electron chi connectivity index (χ0n) is 13.9. The van der Waals surface area contributed by atoms with Gasteiger partial charge in [-0.25, -0.2) is 4.98 Å². The van der Waals surface area contributed by atoms with Crippen molar-refractivity contribution >= 4 is 34.5 Å². The fourth-order valence-electron chi connectivity index (χ4n) is 3.35. The zero-order chi connectivity index (χ0) is 17.6. The van der Waals surface area contributed by atoms with Gasteiger partial charge in [-0.05, 0) is 36.8 Å². The van der Waals surface area contributed by atoms with Crippen LogP contribution in [0.5, 0.6) is 0 Å². The molecule has 1 aliphatic heterocycles. The van der Waals surface area contributed by atoms with Gasteiger partial charge in [0.05, 0.1) is 22.6 Å². The molecule has 1 atom stereocenters. The number of rotatable bonds is 2. The SMILES string of the molecule is CNC(=O)C1=C(C)Nc2nc3ccccc3n2[C@H]1c1ccc(Cl)cc1. The van der Waals surface area contributed by atoms with Crippen LogP contribution in [0.4, 0.5) is 5.95 Å². The Hall–Kier alpha value is -2.79. The van der Waals surface area contributed by atoms with Crippen LogP contribution < -0.4 is 10.6 Å². The fourth-order valence-corrected chi connectivity index (χ4v) is 3.48. The molecule has 0 aliphatic carbocycles. The Morgan fingerprint density at radius 3 is 2.64 bits per heavy atom. The Kier molecular flexibility index (Phi) is 3.73. The standard InChI is InChI=1S/C19H17ClN4O/c1-11-16(18(25)21-2)17(12-7-9-13(20)10-8-12)24-15-6-4-3-5-14(15)23-19(24)22-11/h3-10,17H,1-2H3,(H,21,25)(H,22,23)/t17-/m0/s1. The summed E-state index contributed by atoms with van der Waals surface area (Å²) in [5.41, 5.74) is 4.30. The van der Waals surface area contributed by atoms with Crippen molar-refractivity contribution in [3.63, 3.8) is 0 Å². The molecule has 0 unspecified atom stereocenters. The number of carbonyl (C=O) groups is 1. The van der Waals surface area contributed by atoms with Crippen LogP contribution in [0.15, 0.2) is 59.8 Å². The van der Waals surface area contributed by atoms with Crippen molar-refractivity contribution in [1.29, 1.82) is 0 Å². The highest BCUT2D eigenvalue weighted by molar-refractivity contribution is 6.30. The highest BCUT2D eigenvalue weighted by atomic mass is 35.5. The van der Waals surface area contributed by atoms with Crippen molar-refractivity contribution in [2.24, 2.45) is 0 Å². The average Bonchev–Trinajstić information content (AvgIpc) is 2.98. The van der Waals surface area contributed by atoms with E-state index >= 15 is 0 Å². The van der Waals surface area contributed by atoms with E-state index in [1.165, 1.54) is 0 Å². The average molecular weight is 353 g/mol. The van der Waals surface area contributed by atoms with Crippen LogP contribution in [0.1, 0.15) is 18.5 Å². The number of carbonyl (C=O) groups excluding carboxylic acids is 1. The molecule has 1 aromatic heterocycles. The second kappa shape index (κ2) is 5.93. The lowest BCUT2D eigenvalue weighted by atomic mass is 9.94. The summed E-state index contributed by atoms with van der Waals surface area (Å²) in [6, 6.07) is 15.2.